The third kappa shape index (κ3) is 6.11. The summed E-state index contributed by atoms with van der Waals surface area (Å²) < 4.78 is 5.76. The van der Waals surface area contributed by atoms with Gasteiger partial charge in [-0.1, -0.05) is 83.3 Å². The van der Waals surface area contributed by atoms with Crippen molar-refractivity contribution in [3.63, 3.8) is 0 Å². The molecule has 7 heteroatoms. The molecule has 0 amide bonds. The SMILES string of the molecule is COc1ncc(-c2ccc(Cl)cc2)cc1C(c1ccccc1)C(O)(CCN(C)C)c1ccc(Cl)c(Cl)c1. The van der Waals surface area contributed by atoms with Crippen LogP contribution in [0.15, 0.2) is 85.1 Å². The van der Waals surface area contributed by atoms with Crippen molar-refractivity contribution in [3.8, 4) is 17.0 Å². The zero-order valence-corrected chi connectivity index (χ0v) is 23.2. The van der Waals surface area contributed by atoms with E-state index in [-0.39, 0.29) is 0 Å². The van der Waals surface area contributed by atoms with Crippen LogP contribution in [-0.4, -0.2) is 42.7 Å². The summed E-state index contributed by atoms with van der Waals surface area (Å²) in [4.78, 5) is 6.70. The third-order valence-electron chi connectivity index (χ3n) is 6.53. The van der Waals surface area contributed by atoms with Crippen molar-refractivity contribution < 1.29 is 9.84 Å². The second kappa shape index (κ2) is 11.8. The van der Waals surface area contributed by atoms with Crippen LogP contribution in [0, 0.1) is 0 Å². The zero-order valence-electron chi connectivity index (χ0n) is 21.0. The van der Waals surface area contributed by atoms with E-state index in [2.05, 4.69) is 4.98 Å². The highest BCUT2D eigenvalue weighted by molar-refractivity contribution is 6.42. The van der Waals surface area contributed by atoms with Crippen molar-refractivity contribution in [1.82, 2.24) is 9.88 Å². The molecule has 1 heterocycles. The molecule has 0 saturated heterocycles. The number of methoxy groups -OCH3 is 1. The van der Waals surface area contributed by atoms with Crippen molar-refractivity contribution in [2.24, 2.45) is 0 Å². The molecule has 4 nitrogen and oxygen atoms in total. The number of rotatable bonds is 9. The number of hydrogen-bond acceptors (Lipinski definition) is 4. The van der Waals surface area contributed by atoms with Crippen molar-refractivity contribution in [1.29, 1.82) is 0 Å². The lowest BCUT2D eigenvalue weighted by molar-refractivity contribution is 0.00378. The molecule has 192 valence electrons. The highest BCUT2D eigenvalue weighted by Gasteiger charge is 2.42. The first-order valence-electron chi connectivity index (χ1n) is 11.9. The van der Waals surface area contributed by atoms with E-state index >= 15 is 0 Å². The number of aliphatic hydroxyl groups is 1. The number of halogens is 3. The van der Waals surface area contributed by atoms with Gasteiger partial charge in [-0.05, 0) is 67.5 Å². The van der Waals surface area contributed by atoms with Gasteiger partial charge in [0.2, 0.25) is 5.88 Å². The number of aromatic nitrogens is 1. The van der Waals surface area contributed by atoms with Gasteiger partial charge in [0.05, 0.1) is 17.2 Å². The van der Waals surface area contributed by atoms with Crippen LogP contribution in [0.4, 0.5) is 0 Å². The molecule has 2 atom stereocenters. The summed E-state index contributed by atoms with van der Waals surface area (Å²) in [5, 5.41) is 14.2. The molecule has 0 aliphatic carbocycles. The minimum atomic E-state index is -1.37. The van der Waals surface area contributed by atoms with Gasteiger partial charge in [-0.15, -0.1) is 0 Å². The standard InChI is InChI=1S/C30H29Cl3N2O2/c1-35(2)16-15-30(36,23-11-14-26(32)27(33)18-23)28(21-7-5-4-6-8-21)25-17-22(19-34-29(25)37-3)20-9-12-24(31)13-10-20/h4-14,17-19,28,36H,15-16H2,1-3H3. The molecule has 0 radical (unpaired) electrons. The summed E-state index contributed by atoms with van der Waals surface area (Å²) in [7, 11) is 5.56. The monoisotopic (exact) mass is 554 g/mol. The van der Waals surface area contributed by atoms with Gasteiger partial charge in [-0.25, -0.2) is 4.98 Å². The average molecular weight is 556 g/mol. The van der Waals surface area contributed by atoms with Crippen LogP contribution < -0.4 is 4.74 Å². The molecule has 0 aliphatic rings. The lowest BCUT2D eigenvalue weighted by Crippen LogP contribution is -2.38. The largest absolute Gasteiger partial charge is 0.481 e. The molecule has 4 aromatic rings. The fourth-order valence-corrected chi connectivity index (χ4v) is 5.04. The Balaban J connectivity index is 1.98. The molecule has 0 spiro atoms. The predicted molar refractivity (Wildman–Crippen MR) is 153 cm³/mol. The molecule has 37 heavy (non-hydrogen) atoms. The minimum Gasteiger partial charge on any atom is -0.481 e. The summed E-state index contributed by atoms with van der Waals surface area (Å²) in [6.45, 7) is 0.632. The molecular formula is C30H29Cl3N2O2. The minimum absolute atomic E-state index is 0.384. The van der Waals surface area contributed by atoms with E-state index in [9.17, 15) is 5.11 Å². The van der Waals surface area contributed by atoms with Crippen molar-refractivity contribution in [2.45, 2.75) is 17.9 Å². The van der Waals surface area contributed by atoms with Crippen LogP contribution in [0.2, 0.25) is 15.1 Å². The molecule has 0 bridgehead atoms. The summed E-state index contributed by atoms with van der Waals surface area (Å²) in [6.07, 6.45) is 2.19. The van der Waals surface area contributed by atoms with Gasteiger partial charge in [0.1, 0.15) is 5.60 Å². The Labute approximate surface area is 233 Å². The molecule has 1 N–H and O–H groups in total. The molecule has 0 aliphatic heterocycles. The van der Waals surface area contributed by atoms with Gasteiger partial charge in [0.15, 0.2) is 0 Å². The van der Waals surface area contributed by atoms with Gasteiger partial charge in [0.25, 0.3) is 0 Å². The van der Waals surface area contributed by atoms with Crippen molar-refractivity contribution in [2.75, 3.05) is 27.7 Å². The number of pyridine rings is 1. The summed E-state index contributed by atoms with van der Waals surface area (Å²) >= 11 is 18.8. The molecule has 0 fully saturated rings. The lowest BCUT2D eigenvalue weighted by Gasteiger charge is -2.39. The fourth-order valence-electron chi connectivity index (χ4n) is 4.62. The van der Waals surface area contributed by atoms with E-state index in [1.165, 1.54) is 0 Å². The number of hydrogen-bond donors (Lipinski definition) is 1. The Hall–Kier alpha value is -2.60. The Morgan fingerprint density at radius 2 is 1.59 bits per heavy atom. The van der Waals surface area contributed by atoms with Crippen LogP contribution in [-0.2, 0) is 5.60 Å². The van der Waals surface area contributed by atoms with Crippen LogP contribution in [0.3, 0.4) is 0 Å². The van der Waals surface area contributed by atoms with E-state index in [0.717, 1.165) is 22.3 Å². The molecule has 1 aromatic heterocycles. The average Bonchev–Trinajstić information content (AvgIpc) is 2.90. The Bertz CT molecular complexity index is 1350. The Morgan fingerprint density at radius 1 is 0.892 bits per heavy atom. The maximum Gasteiger partial charge on any atom is 0.217 e. The van der Waals surface area contributed by atoms with Crippen LogP contribution in [0.1, 0.15) is 29.0 Å². The summed E-state index contributed by atoms with van der Waals surface area (Å²) in [5.74, 6) is -0.0875. The maximum atomic E-state index is 12.7. The second-order valence-electron chi connectivity index (χ2n) is 9.28. The van der Waals surface area contributed by atoms with E-state index in [1.807, 2.05) is 85.7 Å². The molecule has 3 aromatic carbocycles. The molecule has 0 saturated carbocycles. The van der Waals surface area contributed by atoms with Crippen molar-refractivity contribution in [3.05, 3.63) is 117 Å². The zero-order chi connectivity index (χ0) is 26.6. The van der Waals surface area contributed by atoms with Gasteiger partial charge < -0.3 is 14.7 Å². The number of benzene rings is 3. The van der Waals surface area contributed by atoms with Crippen LogP contribution >= 0.6 is 34.8 Å². The predicted octanol–water partition coefficient (Wildman–Crippen LogP) is 7.69. The van der Waals surface area contributed by atoms with E-state index in [4.69, 9.17) is 39.5 Å². The smallest absolute Gasteiger partial charge is 0.217 e. The fraction of sp³-hybridized carbons (Fsp3) is 0.233. The Kier molecular flexibility index (Phi) is 8.79. The lowest BCUT2D eigenvalue weighted by atomic mass is 9.71. The summed E-state index contributed by atoms with van der Waals surface area (Å²) in [5.41, 5.74) is 2.82. The van der Waals surface area contributed by atoms with Gasteiger partial charge in [-0.2, -0.15) is 0 Å². The van der Waals surface area contributed by atoms with Gasteiger partial charge in [0, 0.05) is 34.8 Å². The first-order valence-corrected chi connectivity index (χ1v) is 13.0. The highest BCUT2D eigenvalue weighted by atomic mass is 35.5. The summed E-state index contributed by atoms with van der Waals surface area (Å²) in [6, 6.07) is 24.8. The van der Waals surface area contributed by atoms with E-state index < -0.39 is 11.5 Å². The molecular weight excluding hydrogens is 527 g/mol. The Morgan fingerprint density at radius 3 is 2.22 bits per heavy atom. The van der Waals surface area contributed by atoms with Crippen molar-refractivity contribution >= 4 is 34.8 Å². The normalized spacial score (nSPS) is 13.8. The number of nitrogens with zero attached hydrogens (tertiary/aromatic N) is 2. The topological polar surface area (TPSA) is 45.6 Å². The molecule has 4 rings (SSSR count). The van der Waals surface area contributed by atoms with Gasteiger partial charge >= 0.3 is 0 Å². The van der Waals surface area contributed by atoms with E-state index in [0.29, 0.717) is 39.5 Å². The van der Waals surface area contributed by atoms with Crippen LogP contribution in [0.25, 0.3) is 11.1 Å². The third-order valence-corrected chi connectivity index (χ3v) is 7.52. The maximum absolute atomic E-state index is 12.7. The van der Waals surface area contributed by atoms with Crippen LogP contribution in [0.5, 0.6) is 5.88 Å². The highest BCUT2D eigenvalue weighted by Crippen LogP contribution is 2.48. The quantitative estimate of drug-likeness (QED) is 0.230. The first kappa shape index (κ1) is 27.4. The molecule has 2 unspecified atom stereocenters. The second-order valence-corrected chi connectivity index (χ2v) is 10.5. The van der Waals surface area contributed by atoms with E-state index in [1.54, 1.807) is 25.4 Å². The van der Waals surface area contributed by atoms with Gasteiger partial charge in [-0.3, -0.25) is 0 Å². The number of ether oxygens (including phenoxy) is 1. The first-order chi connectivity index (χ1) is 17.7.